The summed E-state index contributed by atoms with van der Waals surface area (Å²) >= 11 is 1.79. The average molecular weight is 295 g/mol. The van der Waals surface area contributed by atoms with Crippen molar-refractivity contribution in [3.63, 3.8) is 0 Å². The van der Waals surface area contributed by atoms with Crippen molar-refractivity contribution in [1.29, 1.82) is 0 Å². The number of sulfonamides is 1. The van der Waals surface area contributed by atoms with E-state index in [1.807, 2.05) is 0 Å². The molecule has 0 radical (unpaired) electrons. The summed E-state index contributed by atoms with van der Waals surface area (Å²) in [7, 11) is -1.97. The SMILES string of the molecule is COC(=O)CCCS(=O)(=O)NC1CCC(SC)C1. The largest absolute Gasteiger partial charge is 0.469 e. The maximum absolute atomic E-state index is 11.8. The molecule has 0 aromatic carbocycles. The van der Waals surface area contributed by atoms with Crippen LogP contribution in [-0.4, -0.2) is 44.8 Å². The molecule has 1 fully saturated rings. The summed E-state index contributed by atoms with van der Waals surface area (Å²) < 4.78 is 30.8. The Hall–Kier alpha value is -0.270. The van der Waals surface area contributed by atoms with Gasteiger partial charge in [0.2, 0.25) is 10.0 Å². The molecule has 1 saturated carbocycles. The first-order valence-electron chi connectivity index (χ1n) is 6.06. The molecule has 0 amide bonds. The van der Waals surface area contributed by atoms with Crippen LogP contribution in [0.2, 0.25) is 0 Å². The van der Waals surface area contributed by atoms with Gasteiger partial charge in [0.25, 0.3) is 0 Å². The summed E-state index contributed by atoms with van der Waals surface area (Å²) in [6.45, 7) is 0. The highest BCUT2D eigenvalue weighted by atomic mass is 32.2. The van der Waals surface area contributed by atoms with Crippen LogP contribution in [0.15, 0.2) is 0 Å². The number of nitrogens with one attached hydrogen (secondary N) is 1. The van der Waals surface area contributed by atoms with Crippen molar-refractivity contribution in [3.8, 4) is 0 Å². The molecular weight excluding hydrogens is 274 g/mol. The van der Waals surface area contributed by atoms with Crippen LogP contribution < -0.4 is 4.72 Å². The molecule has 2 atom stereocenters. The van der Waals surface area contributed by atoms with Gasteiger partial charge in [0.05, 0.1) is 12.9 Å². The van der Waals surface area contributed by atoms with Gasteiger partial charge >= 0.3 is 5.97 Å². The minimum atomic E-state index is -3.27. The Labute approximate surface area is 113 Å². The summed E-state index contributed by atoms with van der Waals surface area (Å²) in [6.07, 6.45) is 5.38. The molecule has 1 N–H and O–H groups in total. The number of methoxy groups -OCH3 is 1. The second kappa shape index (κ2) is 7.35. The molecule has 0 aromatic rings. The highest BCUT2D eigenvalue weighted by Crippen LogP contribution is 2.28. The van der Waals surface area contributed by atoms with Crippen molar-refractivity contribution in [2.24, 2.45) is 0 Å². The van der Waals surface area contributed by atoms with E-state index in [0.717, 1.165) is 19.3 Å². The molecule has 1 rings (SSSR count). The number of hydrogen-bond donors (Lipinski definition) is 1. The molecule has 18 heavy (non-hydrogen) atoms. The van der Waals surface area contributed by atoms with Gasteiger partial charge < -0.3 is 4.74 Å². The first-order chi connectivity index (χ1) is 8.46. The summed E-state index contributed by atoms with van der Waals surface area (Å²) in [4.78, 5) is 10.9. The summed E-state index contributed by atoms with van der Waals surface area (Å²) in [5.41, 5.74) is 0. The molecule has 2 unspecified atom stereocenters. The maximum Gasteiger partial charge on any atom is 0.305 e. The normalized spacial score (nSPS) is 24.1. The fraction of sp³-hybridized carbons (Fsp3) is 0.909. The van der Waals surface area contributed by atoms with Crippen LogP contribution in [0.25, 0.3) is 0 Å². The standard InChI is InChI=1S/C11H21NO4S2/c1-16-11(13)4-3-7-18(14,15)12-9-5-6-10(8-9)17-2/h9-10,12H,3-8H2,1-2H3. The van der Waals surface area contributed by atoms with E-state index < -0.39 is 10.0 Å². The molecule has 0 aromatic heterocycles. The van der Waals surface area contributed by atoms with Gasteiger partial charge in [-0.05, 0) is 31.9 Å². The number of ether oxygens (including phenoxy) is 1. The lowest BCUT2D eigenvalue weighted by molar-refractivity contribution is -0.140. The van der Waals surface area contributed by atoms with E-state index in [1.54, 1.807) is 11.8 Å². The van der Waals surface area contributed by atoms with Gasteiger partial charge in [-0.3, -0.25) is 4.79 Å². The smallest absolute Gasteiger partial charge is 0.305 e. The van der Waals surface area contributed by atoms with E-state index >= 15 is 0 Å². The quantitative estimate of drug-likeness (QED) is 0.713. The van der Waals surface area contributed by atoms with Crippen molar-refractivity contribution in [1.82, 2.24) is 4.72 Å². The fourth-order valence-corrected chi connectivity index (χ4v) is 4.24. The van der Waals surface area contributed by atoms with E-state index in [9.17, 15) is 13.2 Å². The maximum atomic E-state index is 11.8. The third kappa shape index (κ3) is 5.58. The zero-order valence-electron chi connectivity index (χ0n) is 10.8. The van der Waals surface area contributed by atoms with Crippen LogP contribution in [0, 0.1) is 0 Å². The van der Waals surface area contributed by atoms with Crippen LogP contribution in [0.5, 0.6) is 0 Å². The first kappa shape index (κ1) is 15.8. The lowest BCUT2D eigenvalue weighted by Crippen LogP contribution is -2.35. The number of hydrogen-bond acceptors (Lipinski definition) is 5. The number of carbonyl (C=O) groups is 1. The lowest BCUT2D eigenvalue weighted by Gasteiger charge is -2.13. The Morgan fingerprint density at radius 1 is 1.44 bits per heavy atom. The lowest BCUT2D eigenvalue weighted by atomic mass is 10.3. The molecular formula is C11H21NO4S2. The van der Waals surface area contributed by atoms with Gasteiger partial charge in [0, 0.05) is 17.7 Å². The number of carbonyl (C=O) groups excluding carboxylic acids is 1. The third-order valence-electron chi connectivity index (χ3n) is 3.09. The Morgan fingerprint density at radius 3 is 2.72 bits per heavy atom. The molecule has 1 aliphatic rings. The van der Waals surface area contributed by atoms with Gasteiger partial charge in [-0.2, -0.15) is 11.8 Å². The molecule has 1 aliphatic carbocycles. The van der Waals surface area contributed by atoms with E-state index in [1.165, 1.54) is 7.11 Å². The molecule has 0 heterocycles. The number of rotatable bonds is 7. The van der Waals surface area contributed by atoms with Crippen molar-refractivity contribution in [3.05, 3.63) is 0 Å². The molecule has 7 heteroatoms. The molecule has 0 saturated heterocycles. The highest BCUT2D eigenvalue weighted by molar-refractivity contribution is 7.99. The van der Waals surface area contributed by atoms with E-state index in [2.05, 4.69) is 15.7 Å². The number of thioether (sulfide) groups is 1. The Balaban J connectivity index is 2.29. The van der Waals surface area contributed by atoms with Crippen molar-refractivity contribution < 1.29 is 17.9 Å². The van der Waals surface area contributed by atoms with Crippen LogP contribution >= 0.6 is 11.8 Å². The van der Waals surface area contributed by atoms with Gasteiger partial charge in [-0.15, -0.1) is 0 Å². The van der Waals surface area contributed by atoms with Crippen LogP contribution in [-0.2, 0) is 19.6 Å². The van der Waals surface area contributed by atoms with Crippen molar-refractivity contribution in [2.45, 2.75) is 43.4 Å². The summed E-state index contributed by atoms with van der Waals surface area (Å²) in [5.74, 6) is -0.378. The van der Waals surface area contributed by atoms with Crippen molar-refractivity contribution >= 4 is 27.8 Å². The fourth-order valence-electron chi connectivity index (χ4n) is 2.08. The van der Waals surface area contributed by atoms with E-state index in [-0.39, 0.29) is 24.2 Å². The Kier molecular flexibility index (Phi) is 6.45. The van der Waals surface area contributed by atoms with Crippen molar-refractivity contribution in [2.75, 3.05) is 19.1 Å². The minimum absolute atomic E-state index is 0.0114. The van der Waals surface area contributed by atoms with Gasteiger partial charge in [0.1, 0.15) is 0 Å². The van der Waals surface area contributed by atoms with Gasteiger partial charge in [0.15, 0.2) is 0 Å². The Morgan fingerprint density at radius 2 is 2.17 bits per heavy atom. The molecule has 0 spiro atoms. The topological polar surface area (TPSA) is 72.5 Å². The minimum Gasteiger partial charge on any atom is -0.469 e. The van der Waals surface area contributed by atoms with E-state index in [4.69, 9.17) is 0 Å². The second-order valence-corrected chi connectivity index (χ2v) is 7.50. The highest BCUT2D eigenvalue weighted by Gasteiger charge is 2.27. The third-order valence-corrected chi connectivity index (χ3v) is 5.70. The van der Waals surface area contributed by atoms with Gasteiger partial charge in [-0.25, -0.2) is 13.1 Å². The number of esters is 1. The predicted molar refractivity (Wildman–Crippen MR) is 73.1 cm³/mol. The molecule has 0 bridgehead atoms. The Bertz CT molecular complexity index is 369. The zero-order chi connectivity index (χ0) is 13.6. The molecule has 0 aliphatic heterocycles. The predicted octanol–water partition coefficient (Wildman–Crippen LogP) is 1.14. The zero-order valence-corrected chi connectivity index (χ0v) is 12.5. The molecule has 5 nitrogen and oxygen atoms in total. The van der Waals surface area contributed by atoms with Crippen LogP contribution in [0.1, 0.15) is 32.1 Å². The first-order valence-corrected chi connectivity index (χ1v) is 9.00. The summed E-state index contributed by atoms with van der Waals surface area (Å²) in [6, 6.07) is 0.0607. The van der Waals surface area contributed by atoms with Crippen LogP contribution in [0.4, 0.5) is 0 Å². The average Bonchev–Trinajstić information content (AvgIpc) is 2.75. The summed E-state index contributed by atoms with van der Waals surface area (Å²) in [5, 5.41) is 0.563. The molecule has 106 valence electrons. The second-order valence-electron chi connectivity index (χ2n) is 4.48. The van der Waals surface area contributed by atoms with E-state index in [0.29, 0.717) is 11.7 Å². The monoisotopic (exact) mass is 295 g/mol. The van der Waals surface area contributed by atoms with Crippen LogP contribution in [0.3, 0.4) is 0 Å². The van der Waals surface area contributed by atoms with Gasteiger partial charge in [-0.1, -0.05) is 0 Å².